The maximum atomic E-state index is 12.2. The number of alkyl carbamates (subject to hydrolysis) is 1. The van der Waals surface area contributed by atoms with Crippen LogP contribution in [0.1, 0.15) is 39.4 Å². The molecule has 3 aromatic carbocycles. The number of amides is 1. The highest BCUT2D eigenvalue weighted by molar-refractivity contribution is 5.89. The number of anilines is 1. The molecule has 162 valence electrons. The Morgan fingerprint density at radius 2 is 1.66 bits per heavy atom. The van der Waals surface area contributed by atoms with E-state index in [0.29, 0.717) is 18.7 Å². The number of nitrogen functional groups attached to an aromatic ring is 1. The van der Waals surface area contributed by atoms with E-state index in [1.807, 2.05) is 30.3 Å². The number of fused-ring (bicyclic) bond motifs is 3. The van der Waals surface area contributed by atoms with E-state index in [0.717, 1.165) is 5.56 Å². The van der Waals surface area contributed by atoms with Crippen molar-refractivity contribution in [2.75, 3.05) is 18.9 Å². The molecular formula is C26H24N2O4. The van der Waals surface area contributed by atoms with Crippen LogP contribution in [0.5, 0.6) is 0 Å². The lowest BCUT2D eigenvalue weighted by molar-refractivity contribution is 0.0697. The van der Waals surface area contributed by atoms with E-state index >= 15 is 0 Å². The molecule has 0 atom stereocenters. The number of nitrogens with one attached hydrogen (secondary N) is 1. The van der Waals surface area contributed by atoms with Crippen LogP contribution in [0.4, 0.5) is 10.5 Å². The maximum Gasteiger partial charge on any atom is 0.407 e. The van der Waals surface area contributed by atoms with Gasteiger partial charge in [-0.3, -0.25) is 0 Å². The Balaban J connectivity index is 1.27. The first kappa shape index (κ1) is 21.2. The molecule has 0 aliphatic heterocycles. The fourth-order valence-electron chi connectivity index (χ4n) is 3.98. The van der Waals surface area contributed by atoms with Crippen molar-refractivity contribution in [3.63, 3.8) is 0 Å². The van der Waals surface area contributed by atoms with Crippen LogP contribution in [0.3, 0.4) is 0 Å². The summed E-state index contributed by atoms with van der Waals surface area (Å²) in [7, 11) is 0. The summed E-state index contributed by atoms with van der Waals surface area (Å²) in [5, 5.41) is 11.7. The van der Waals surface area contributed by atoms with Crippen molar-refractivity contribution < 1.29 is 19.4 Å². The summed E-state index contributed by atoms with van der Waals surface area (Å²) in [5.74, 6) is -0.982. The average Bonchev–Trinajstić information content (AvgIpc) is 3.12. The Kier molecular flexibility index (Phi) is 6.22. The van der Waals surface area contributed by atoms with Crippen LogP contribution < -0.4 is 11.1 Å². The smallest absolute Gasteiger partial charge is 0.407 e. The van der Waals surface area contributed by atoms with Gasteiger partial charge in [0, 0.05) is 18.2 Å². The highest BCUT2D eigenvalue weighted by Gasteiger charge is 2.28. The van der Waals surface area contributed by atoms with Gasteiger partial charge in [-0.05, 0) is 46.4 Å². The van der Waals surface area contributed by atoms with Crippen molar-refractivity contribution in [1.82, 2.24) is 5.32 Å². The van der Waals surface area contributed by atoms with Gasteiger partial charge in [0.25, 0.3) is 0 Å². The molecule has 0 saturated carbocycles. The second-order valence-corrected chi connectivity index (χ2v) is 7.59. The minimum Gasteiger partial charge on any atom is -0.478 e. The zero-order chi connectivity index (χ0) is 22.5. The minimum atomic E-state index is -1.01. The number of aromatic carboxylic acids is 1. The first-order chi connectivity index (χ1) is 15.5. The topological polar surface area (TPSA) is 102 Å². The van der Waals surface area contributed by atoms with E-state index in [4.69, 9.17) is 15.6 Å². The largest absolute Gasteiger partial charge is 0.478 e. The minimum absolute atomic E-state index is 0.0322. The molecule has 0 fully saturated rings. The molecule has 0 unspecified atom stereocenters. The molecular weight excluding hydrogens is 404 g/mol. The second kappa shape index (κ2) is 9.39. The molecule has 0 radical (unpaired) electrons. The summed E-state index contributed by atoms with van der Waals surface area (Å²) < 4.78 is 5.51. The van der Waals surface area contributed by atoms with Crippen LogP contribution in [0, 0.1) is 0 Å². The van der Waals surface area contributed by atoms with Gasteiger partial charge in [-0.25, -0.2) is 9.59 Å². The third-order valence-corrected chi connectivity index (χ3v) is 5.56. The molecule has 1 aliphatic rings. The molecule has 0 heterocycles. The molecule has 0 spiro atoms. The predicted octanol–water partition coefficient (Wildman–Crippen LogP) is 4.91. The second-order valence-electron chi connectivity index (χ2n) is 7.59. The van der Waals surface area contributed by atoms with Gasteiger partial charge in [0.15, 0.2) is 0 Å². The van der Waals surface area contributed by atoms with Gasteiger partial charge in [0.1, 0.15) is 6.61 Å². The molecule has 1 amide bonds. The number of carbonyl (C=O) groups is 2. The van der Waals surface area contributed by atoms with Crippen molar-refractivity contribution in [2.45, 2.75) is 12.3 Å². The molecule has 0 saturated heterocycles. The fourth-order valence-corrected chi connectivity index (χ4v) is 3.98. The molecule has 0 bridgehead atoms. The Morgan fingerprint density at radius 1 is 1.00 bits per heavy atom. The van der Waals surface area contributed by atoms with Gasteiger partial charge >= 0.3 is 12.1 Å². The highest BCUT2D eigenvalue weighted by Crippen LogP contribution is 2.44. The normalized spacial score (nSPS) is 12.4. The molecule has 3 aromatic rings. The Labute approximate surface area is 186 Å². The highest BCUT2D eigenvalue weighted by atomic mass is 16.5. The van der Waals surface area contributed by atoms with E-state index < -0.39 is 12.1 Å². The lowest BCUT2D eigenvalue weighted by atomic mass is 9.98. The number of hydrogen-bond donors (Lipinski definition) is 3. The van der Waals surface area contributed by atoms with Crippen LogP contribution >= 0.6 is 0 Å². The Hall–Kier alpha value is -4.06. The van der Waals surface area contributed by atoms with Crippen LogP contribution in [-0.4, -0.2) is 30.3 Å². The van der Waals surface area contributed by atoms with Crippen LogP contribution in [0.15, 0.2) is 72.8 Å². The van der Waals surface area contributed by atoms with E-state index in [1.165, 1.54) is 34.4 Å². The number of carboxylic acid groups (broad SMARTS) is 1. The van der Waals surface area contributed by atoms with Gasteiger partial charge < -0.3 is 20.9 Å². The SMILES string of the molecule is Nc1cc(C(=O)O)ccc1C=CCCNC(=O)OCC1c2ccccc2-c2ccccc21. The summed E-state index contributed by atoms with van der Waals surface area (Å²) in [6.07, 6.45) is 3.81. The zero-order valence-corrected chi connectivity index (χ0v) is 17.5. The van der Waals surface area contributed by atoms with E-state index in [-0.39, 0.29) is 18.1 Å². The van der Waals surface area contributed by atoms with Crippen molar-refractivity contribution in [2.24, 2.45) is 0 Å². The third kappa shape index (κ3) is 4.49. The monoisotopic (exact) mass is 428 g/mol. The van der Waals surface area contributed by atoms with Crippen LogP contribution in [-0.2, 0) is 4.74 Å². The molecule has 32 heavy (non-hydrogen) atoms. The molecule has 1 aliphatic carbocycles. The number of benzene rings is 3. The van der Waals surface area contributed by atoms with Gasteiger partial charge in [0.2, 0.25) is 0 Å². The molecule has 4 rings (SSSR count). The zero-order valence-electron chi connectivity index (χ0n) is 17.5. The predicted molar refractivity (Wildman–Crippen MR) is 125 cm³/mol. The van der Waals surface area contributed by atoms with E-state index in [1.54, 1.807) is 12.1 Å². The van der Waals surface area contributed by atoms with Crippen molar-refractivity contribution in [3.05, 3.63) is 95.1 Å². The summed E-state index contributed by atoms with van der Waals surface area (Å²) in [4.78, 5) is 23.1. The fraction of sp³-hybridized carbons (Fsp3) is 0.154. The number of carboxylic acids is 1. The molecule has 6 nitrogen and oxygen atoms in total. The first-order valence-electron chi connectivity index (χ1n) is 10.4. The lowest BCUT2D eigenvalue weighted by Crippen LogP contribution is -2.26. The average molecular weight is 428 g/mol. The van der Waals surface area contributed by atoms with Crippen molar-refractivity contribution >= 4 is 23.8 Å². The number of nitrogens with two attached hydrogens (primary N) is 1. The van der Waals surface area contributed by atoms with Crippen LogP contribution in [0.2, 0.25) is 0 Å². The summed E-state index contributed by atoms with van der Waals surface area (Å²) in [5.41, 5.74) is 11.9. The van der Waals surface area contributed by atoms with E-state index in [2.05, 4.69) is 29.6 Å². The maximum absolute atomic E-state index is 12.2. The number of ether oxygens (including phenoxy) is 1. The third-order valence-electron chi connectivity index (χ3n) is 5.56. The van der Waals surface area contributed by atoms with Crippen molar-refractivity contribution in [1.29, 1.82) is 0 Å². The van der Waals surface area contributed by atoms with Crippen LogP contribution in [0.25, 0.3) is 17.2 Å². The van der Waals surface area contributed by atoms with E-state index in [9.17, 15) is 9.59 Å². The summed E-state index contributed by atoms with van der Waals surface area (Å²) >= 11 is 0. The van der Waals surface area contributed by atoms with Gasteiger partial charge in [0.05, 0.1) is 5.56 Å². The Bertz CT molecular complexity index is 1140. The first-order valence-corrected chi connectivity index (χ1v) is 10.4. The quantitative estimate of drug-likeness (QED) is 0.367. The number of hydrogen-bond acceptors (Lipinski definition) is 4. The standard InChI is InChI=1S/C26H24N2O4/c27-24-15-18(25(29)30)13-12-17(24)7-5-6-14-28-26(31)32-16-23-21-10-3-1-8-19(21)20-9-2-4-11-22(20)23/h1-5,7-13,15,23H,6,14,16,27H2,(H,28,31)(H,29,30). The molecule has 6 heteroatoms. The Morgan fingerprint density at radius 3 is 2.28 bits per heavy atom. The van der Waals surface area contributed by atoms with Gasteiger partial charge in [-0.15, -0.1) is 0 Å². The van der Waals surface area contributed by atoms with Gasteiger partial charge in [-0.2, -0.15) is 0 Å². The summed E-state index contributed by atoms with van der Waals surface area (Å²) in [6, 6.07) is 21.0. The molecule has 4 N–H and O–H groups in total. The molecule has 0 aromatic heterocycles. The number of carbonyl (C=O) groups excluding carboxylic acids is 1. The van der Waals surface area contributed by atoms with Gasteiger partial charge in [-0.1, -0.05) is 66.7 Å². The van der Waals surface area contributed by atoms with Crippen molar-refractivity contribution in [3.8, 4) is 11.1 Å². The lowest BCUT2D eigenvalue weighted by Gasteiger charge is -2.14. The number of rotatable bonds is 7. The summed E-state index contributed by atoms with van der Waals surface area (Å²) in [6.45, 7) is 0.697.